The molecule has 2 aliphatic rings. The van der Waals surface area contributed by atoms with Crippen molar-refractivity contribution < 1.29 is 4.79 Å². The summed E-state index contributed by atoms with van der Waals surface area (Å²) in [5.74, 6) is 2.44. The number of anilines is 1. The lowest BCUT2D eigenvalue weighted by Crippen LogP contribution is -2.27. The van der Waals surface area contributed by atoms with Gasteiger partial charge in [-0.1, -0.05) is 12.1 Å². The molecule has 1 aliphatic heterocycles. The van der Waals surface area contributed by atoms with Crippen molar-refractivity contribution in [2.45, 2.75) is 25.2 Å². The van der Waals surface area contributed by atoms with Crippen LogP contribution in [0.5, 0.6) is 0 Å². The summed E-state index contributed by atoms with van der Waals surface area (Å²) < 4.78 is 0. The van der Waals surface area contributed by atoms with Gasteiger partial charge in [0, 0.05) is 31.1 Å². The fourth-order valence-electron chi connectivity index (χ4n) is 2.62. The Hall–Kier alpha value is -2.37. The summed E-state index contributed by atoms with van der Waals surface area (Å²) in [6, 6.07) is 8.03. The van der Waals surface area contributed by atoms with Crippen molar-refractivity contribution in [1.29, 1.82) is 0 Å². The van der Waals surface area contributed by atoms with Gasteiger partial charge in [-0.2, -0.15) is 5.10 Å². The Morgan fingerprint density at radius 2 is 2.05 bits per heavy atom. The van der Waals surface area contributed by atoms with E-state index in [1.54, 1.807) is 4.90 Å². The minimum Gasteiger partial charge on any atom is -0.336 e. The van der Waals surface area contributed by atoms with E-state index in [1.165, 1.54) is 12.8 Å². The Morgan fingerprint density at radius 3 is 2.71 bits per heavy atom. The van der Waals surface area contributed by atoms with Gasteiger partial charge in [0.1, 0.15) is 5.82 Å². The highest BCUT2D eigenvalue weighted by Gasteiger charge is 2.27. The number of hydrogen-bond donors (Lipinski definition) is 2. The van der Waals surface area contributed by atoms with Crippen molar-refractivity contribution in [3.63, 3.8) is 0 Å². The number of aromatic nitrogens is 3. The molecule has 0 atom stereocenters. The Balaban J connectivity index is 1.46. The van der Waals surface area contributed by atoms with E-state index in [2.05, 4.69) is 20.5 Å². The standard InChI is InChI=1S/C15H17N5O/c21-15-16-7-8-20(15)12-5-1-10(2-6-12)9-13-17-14(19-18-13)11-3-4-11/h1-2,5-6,11H,3-4,7-9H2,(H,16,21)(H,17,18,19). The number of carbonyl (C=O) groups excluding carboxylic acids is 1. The second-order valence-corrected chi connectivity index (χ2v) is 5.64. The predicted molar refractivity (Wildman–Crippen MR) is 78.4 cm³/mol. The van der Waals surface area contributed by atoms with Gasteiger partial charge in [-0.05, 0) is 30.5 Å². The first-order valence-electron chi connectivity index (χ1n) is 7.35. The van der Waals surface area contributed by atoms with Crippen LogP contribution in [0.15, 0.2) is 24.3 Å². The van der Waals surface area contributed by atoms with Gasteiger partial charge in [-0.3, -0.25) is 10.00 Å². The van der Waals surface area contributed by atoms with E-state index in [0.717, 1.165) is 35.9 Å². The molecule has 6 nitrogen and oxygen atoms in total. The number of carbonyl (C=O) groups is 1. The summed E-state index contributed by atoms with van der Waals surface area (Å²) >= 11 is 0. The van der Waals surface area contributed by atoms with Gasteiger partial charge in [0.25, 0.3) is 0 Å². The third kappa shape index (κ3) is 2.49. The second-order valence-electron chi connectivity index (χ2n) is 5.64. The highest BCUT2D eigenvalue weighted by atomic mass is 16.2. The van der Waals surface area contributed by atoms with Crippen LogP contribution >= 0.6 is 0 Å². The van der Waals surface area contributed by atoms with E-state index in [0.29, 0.717) is 12.5 Å². The Kier molecular flexibility index (Phi) is 2.87. The summed E-state index contributed by atoms with van der Waals surface area (Å²) in [5.41, 5.74) is 2.10. The lowest BCUT2D eigenvalue weighted by molar-refractivity contribution is 0.252. The van der Waals surface area contributed by atoms with Crippen LogP contribution in [0.4, 0.5) is 10.5 Å². The molecule has 1 aliphatic carbocycles. The molecule has 1 aromatic carbocycles. The van der Waals surface area contributed by atoms with Crippen LogP contribution in [0, 0.1) is 0 Å². The summed E-state index contributed by atoms with van der Waals surface area (Å²) in [4.78, 5) is 17.9. The number of urea groups is 1. The van der Waals surface area contributed by atoms with Gasteiger partial charge in [-0.25, -0.2) is 9.78 Å². The molecule has 108 valence electrons. The lowest BCUT2D eigenvalue weighted by Gasteiger charge is -2.14. The molecular formula is C15H17N5O. The van der Waals surface area contributed by atoms with Crippen molar-refractivity contribution >= 4 is 11.7 Å². The predicted octanol–water partition coefficient (Wildman–Crippen LogP) is 1.80. The van der Waals surface area contributed by atoms with Crippen LogP contribution in [0.3, 0.4) is 0 Å². The molecular weight excluding hydrogens is 266 g/mol. The first kappa shape index (κ1) is 12.4. The van der Waals surface area contributed by atoms with E-state index >= 15 is 0 Å². The molecule has 1 saturated carbocycles. The van der Waals surface area contributed by atoms with Crippen molar-refractivity contribution in [2.75, 3.05) is 18.0 Å². The molecule has 2 N–H and O–H groups in total. The van der Waals surface area contributed by atoms with E-state index < -0.39 is 0 Å². The molecule has 0 unspecified atom stereocenters. The second kappa shape index (κ2) is 4.87. The van der Waals surface area contributed by atoms with Gasteiger partial charge < -0.3 is 5.32 Å². The van der Waals surface area contributed by atoms with Crippen LogP contribution in [0.1, 0.15) is 36.0 Å². The van der Waals surface area contributed by atoms with E-state index in [4.69, 9.17) is 0 Å². The van der Waals surface area contributed by atoms with Crippen molar-refractivity contribution in [2.24, 2.45) is 0 Å². The number of rotatable bonds is 4. The molecule has 0 bridgehead atoms. The van der Waals surface area contributed by atoms with Crippen molar-refractivity contribution in [3.8, 4) is 0 Å². The van der Waals surface area contributed by atoms with Crippen LogP contribution in [-0.4, -0.2) is 34.3 Å². The number of amides is 2. The monoisotopic (exact) mass is 283 g/mol. The molecule has 1 saturated heterocycles. The Labute approximate surface area is 122 Å². The van der Waals surface area contributed by atoms with Crippen molar-refractivity contribution in [3.05, 3.63) is 41.5 Å². The number of nitrogens with one attached hydrogen (secondary N) is 2. The van der Waals surface area contributed by atoms with Crippen LogP contribution in [0.25, 0.3) is 0 Å². The molecule has 21 heavy (non-hydrogen) atoms. The van der Waals surface area contributed by atoms with Gasteiger partial charge in [-0.15, -0.1) is 0 Å². The zero-order valence-electron chi connectivity index (χ0n) is 11.7. The number of H-pyrrole nitrogens is 1. The van der Waals surface area contributed by atoms with Crippen molar-refractivity contribution in [1.82, 2.24) is 20.5 Å². The molecule has 2 amide bonds. The average molecular weight is 283 g/mol. The number of hydrogen-bond acceptors (Lipinski definition) is 3. The van der Waals surface area contributed by atoms with Gasteiger partial charge in [0.2, 0.25) is 0 Å². The van der Waals surface area contributed by atoms with Gasteiger partial charge in [0.05, 0.1) is 0 Å². The average Bonchev–Trinajstić information content (AvgIpc) is 3.10. The quantitative estimate of drug-likeness (QED) is 0.898. The van der Waals surface area contributed by atoms with E-state index in [-0.39, 0.29) is 6.03 Å². The number of aromatic amines is 1. The van der Waals surface area contributed by atoms with Crippen LogP contribution < -0.4 is 10.2 Å². The molecule has 2 fully saturated rings. The smallest absolute Gasteiger partial charge is 0.321 e. The number of benzene rings is 1. The third-order valence-corrected chi connectivity index (χ3v) is 3.97. The van der Waals surface area contributed by atoms with E-state index in [9.17, 15) is 4.79 Å². The molecule has 0 spiro atoms. The summed E-state index contributed by atoms with van der Waals surface area (Å²) in [5, 5.41) is 10.1. The Morgan fingerprint density at radius 1 is 1.24 bits per heavy atom. The molecule has 0 radical (unpaired) electrons. The molecule has 1 aromatic heterocycles. The molecule has 6 heteroatoms. The topological polar surface area (TPSA) is 73.9 Å². The summed E-state index contributed by atoms with van der Waals surface area (Å²) in [6.07, 6.45) is 3.17. The lowest BCUT2D eigenvalue weighted by atomic mass is 10.1. The first-order valence-corrected chi connectivity index (χ1v) is 7.35. The molecule has 2 heterocycles. The van der Waals surface area contributed by atoms with Gasteiger partial charge >= 0.3 is 6.03 Å². The minimum absolute atomic E-state index is 0.0212. The van der Waals surface area contributed by atoms with Gasteiger partial charge in [0.15, 0.2) is 5.82 Å². The highest BCUT2D eigenvalue weighted by Crippen LogP contribution is 2.37. The highest BCUT2D eigenvalue weighted by molar-refractivity contribution is 5.93. The normalized spacial score (nSPS) is 18.1. The SMILES string of the molecule is O=C1NCCN1c1ccc(Cc2nc(C3CC3)n[nH]2)cc1. The summed E-state index contributed by atoms with van der Waals surface area (Å²) in [7, 11) is 0. The maximum Gasteiger partial charge on any atom is 0.321 e. The zero-order valence-corrected chi connectivity index (χ0v) is 11.7. The molecule has 4 rings (SSSR count). The fourth-order valence-corrected chi connectivity index (χ4v) is 2.62. The minimum atomic E-state index is -0.0212. The largest absolute Gasteiger partial charge is 0.336 e. The van der Waals surface area contributed by atoms with Crippen LogP contribution in [0.2, 0.25) is 0 Å². The molecule has 2 aromatic rings. The summed E-state index contributed by atoms with van der Waals surface area (Å²) in [6.45, 7) is 1.44. The first-order chi connectivity index (χ1) is 10.3. The van der Waals surface area contributed by atoms with E-state index in [1.807, 2.05) is 24.3 Å². The Bertz CT molecular complexity index is 659. The maximum absolute atomic E-state index is 11.6. The fraction of sp³-hybridized carbons (Fsp3) is 0.400. The van der Waals surface area contributed by atoms with Crippen LogP contribution in [-0.2, 0) is 6.42 Å². The zero-order chi connectivity index (χ0) is 14.2. The maximum atomic E-state index is 11.6. The third-order valence-electron chi connectivity index (χ3n) is 3.97. The number of nitrogens with zero attached hydrogens (tertiary/aromatic N) is 3.